The summed E-state index contributed by atoms with van der Waals surface area (Å²) in [7, 11) is 1.75. The third-order valence-corrected chi connectivity index (χ3v) is 5.92. The molecule has 5 nitrogen and oxygen atoms in total. The van der Waals surface area contributed by atoms with Gasteiger partial charge >= 0.3 is 0 Å². The van der Waals surface area contributed by atoms with Gasteiger partial charge in [0.1, 0.15) is 17.6 Å². The third kappa shape index (κ3) is 3.43. The minimum atomic E-state index is -0.0544. The van der Waals surface area contributed by atoms with Crippen LogP contribution in [0.15, 0.2) is 18.2 Å². The first kappa shape index (κ1) is 18.7. The number of aromatic hydroxyl groups is 1. The zero-order valence-electron chi connectivity index (χ0n) is 16.2. The number of rotatable bonds is 4. The van der Waals surface area contributed by atoms with Crippen LogP contribution in [0.3, 0.4) is 0 Å². The number of methoxy groups -OCH3 is 1. The van der Waals surface area contributed by atoms with E-state index in [4.69, 9.17) is 4.74 Å². The Kier molecular flexibility index (Phi) is 4.94. The van der Waals surface area contributed by atoms with Gasteiger partial charge in [0.05, 0.1) is 5.60 Å². The summed E-state index contributed by atoms with van der Waals surface area (Å²) in [5.41, 5.74) is 4.01. The fraction of sp³-hybridized carbons (Fsp3) is 0.455. The molecule has 2 N–H and O–H groups in total. The second-order valence-corrected chi connectivity index (χ2v) is 7.92. The molecule has 4 rings (SSSR count). The Hall–Kier alpha value is -2.65. The van der Waals surface area contributed by atoms with Crippen molar-refractivity contribution in [3.05, 3.63) is 34.9 Å². The number of aromatic nitrogens is 2. The first-order chi connectivity index (χ1) is 13.5. The molecule has 1 saturated carbocycles. The van der Waals surface area contributed by atoms with Crippen LogP contribution in [-0.2, 0) is 17.6 Å². The molecule has 0 saturated heterocycles. The molecule has 0 unspecified atom stereocenters. The Labute approximate surface area is 164 Å². The van der Waals surface area contributed by atoms with Crippen molar-refractivity contribution in [3.63, 3.8) is 0 Å². The van der Waals surface area contributed by atoms with Gasteiger partial charge in [-0.3, -0.25) is 0 Å². The van der Waals surface area contributed by atoms with E-state index in [2.05, 4.69) is 28.4 Å². The van der Waals surface area contributed by atoms with Crippen LogP contribution in [-0.4, -0.2) is 34.1 Å². The molecule has 0 atom stereocenters. The van der Waals surface area contributed by atoms with E-state index in [1.54, 1.807) is 19.2 Å². The van der Waals surface area contributed by atoms with Gasteiger partial charge in [0.25, 0.3) is 0 Å². The van der Waals surface area contributed by atoms with Crippen molar-refractivity contribution in [2.75, 3.05) is 12.4 Å². The van der Waals surface area contributed by atoms with Gasteiger partial charge in [0.2, 0.25) is 0 Å². The van der Waals surface area contributed by atoms with Crippen LogP contribution in [0.2, 0.25) is 0 Å². The lowest BCUT2D eigenvalue weighted by Gasteiger charge is -2.44. The predicted octanol–water partition coefficient (Wildman–Crippen LogP) is 3.99. The molecule has 2 aliphatic rings. The molecule has 0 aliphatic heterocycles. The van der Waals surface area contributed by atoms with E-state index in [0.29, 0.717) is 22.9 Å². The number of benzene rings is 1. The molecule has 1 fully saturated rings. The van der Waals surface area contributed by atoms with Crippen molar-refractivity contribution in [1.82, 2.24) is 10.2 Å². The molecular formula is C22H24FN3O2. The maximum absolute atomic E-state index is 12.2. The lowest BCUT2D eigenvalue weighted by molar-refractivity contribution is -0.0625. The summed E-state index contributed by atoms with van der Waals surface area (Å²) < 4.78 is 17.8. The van der Waals surface area contributed by atoms with Crippen LogP contribution < -0.4 is 5.32 Å². The number of hydrogen-bond acceptors (Lipinski definition) is 5. The average molecular weight is 381 g/mol. The van der Waals surface area contributed by atoms with E-state index in [0.717, 1.165) is 49.9 Å². The molecule has 0 spiro atoms. The quantitative estimate of drug-likeness (QED) is 0.784. The van der Waals surface area contributed by atoms with Crippen molar-refractivity contribution >= 4 is 5.82 Å². The molecular weight excluding hydrogens is 357 g/mol. The summed E-state index contributed by atoms with van der Waals surface area (Å²) in [5, 5.41) is 22.9. The SMILES string of the molecule is COC1(C)CC(Nc2nnc(-c3ccc(C#CF)cc3O)c3c2CCCC3)C1. The zero-order valence-corrected chi connectivity index (χ0v) is 16.2. The summed E-state index contributed by atoms with van der Waals surface area (Å²) >= 11 is 0. The number of ether oxygens (including phenoxy) is 1. The zero-order chi connectivity index (χ0) is 19.7. The molecule has 0 radical (unpaired) electrons. The van der Waals surface area contributed by atoms with E-state index < -0.39 is 0 Å². The molecule has 1 aromatic heterocycles. The van der Waals surface area contributed by atoms with Gasteiger partial charge in [-0.2, -0.15) is 0 Å². The van der Waals surface area contributed by atoms with Gasteiger partial charge in [-0.05, 0) is 75.1 Å². The number of phenolic OH excluding ortho intramolecular Hbond substituents is 1. The lowest BCUT2D eigenvalue weighted by atomic mass is 9.77. The van der Waals surface area contributed by atoms with Gasteiger partial charge < -0.3 is 15.2 Å². The number of nitrogens with zero attached hydrogens (tertiary/aromatic N) is 2. The fourth-order valence-electron chi connectivity index (χ4n) is 4.29. The van der Waals surface area contributed by atoms with Gasteiger partial charge in [-0.15, -0.1) is 14.6 Å². The van der Waals surface area contributed by atoms with Gasteiger partial charge in [0.15, 0.2) is 5.82 Å². The number of nitrogens with one attached hydrogen (secondary N) is 1. The molecule has 1 heterocycles. The standard InChI is InChI=1S/C22H24FN3O2/c1-22(28-2)12-15(13-22)24-21-17-6-4-3-5-16(17)20(25-26-21)18-8-7-14(9-10-23)11-19(18)27/h7-8,11,15,27H,3-6,12-13H2,1-2H3,(H,24,26). The van der Waals surface area contributed by atoms with E-state index in [-0.39, 0.29) is 11.4 Å². The summed E-state index contributed by atoms with van der Waals surface area (Å²) in [5.74, 6) is 3.20. The number of hydrogen-bond donors (Lipinski definition) is 2. The van der Waals surface area contributed by atoms with Gasteiger partial charge in [0, 0.05) is 29.8 Å². The molecule has 6 heteroatoms. The van der Waals surface area contributed by atoms with Crippen LogP contribution in [0.5, 0.6) is 5.75 Å². The minimum Gasteiger partial charge on any atom is -0.507 e. The van der Waals surface area contributed by atoms with Crippen molar-refractivity contribution in [2.45, 2.75) is 57.1 Å². The summed E-state index contributed by atoms with van der Waals surface area (Å²) in [6.07, 6.45) is 7.30. The Bertz CT molecular complexity index is 958. The molecule has 2 aliphatic carbocycles. The number of fused-ring (bicyclic) bond motifs is 1. The Morgan fingerprint density at radius 3 is 2.64 bits per heavy atom. The van der Waals surface area contributed by atoms with E-state index in [1.807, 2.05) is 0 Å². The van der Waals surface area contributed by atoms with Gasteiger partial charge in [-0.25, -0.2) is 0 Å². The Morgan fingerprint density at radius 1 is 1.21 bits per heavy atom. The Morgan fingerprint density at radius 2 is 1.96 bits per heavy atom. The molecule has 0 bridgehead atoms. The normalized spacial score (nSPS) is 23.2. The second kappa shape index (κ2) is 7.40. The molecule has 2 aromatic rings. The average Bonchev–Trinajstić information content (AvgIpc) is 2.68. The maximum atomic E-state index is 12.2. The minimum absolute atomic E-state index is 0.0397. The highest BCUT2D eigenvalue weighted by Crippen LogP contribution is 2.40. The topological polar surface area (TPSA) is 67.3 Å². The monoisotopic (exact) mass is 381 g/mol. The second-order valence-electron chi connectivity index (χ2n) is 7.92. The number of phenols is 1. The summed E-state index contributed by atoms with van der Waals surface area (Å²) in [6, 6.07) is 5.22. The van der Waals surface area contributed by atoms with Crippen molar-refractivity contribution in [2.24, 2.45) is 0 Å². The van der Waals surface area contributed by atoms with Crippen molar-refractivity contribution in [3.8, 4) is 29.1 Å². The smallest absolute Gasteiger partial charge is 0.152 e. The number of halogens is 1. The van der Waals surface area contributed by atoms with Crippen LogP contribution in [0, 0.1) is 12.1 Å². The van der Waals surface area contributed by atoms with Crippen LogP contribution >= 0.6 is 0 Å². The summed E-state index contributed by atoms with van der Waals surface area (Å²) in [6.45, 7) is 2.12. The predicted molar refractivity (Wildman–Crippen MR) is 106 cm³/mol. The largest absolute Gasteiger partial charge is 0.507 e. The lowest BCUT2D eigenvalue weighted by Crippen LogP contribution is -2.50. The maximum Gasteiger partial charge on any atom is 0.152 e. The molecule has 28 heavy (non-hydrogen) atoms. The van der Waals surface area contributed by atoms with Gasteiger partial charge in [-0.1, -0.05) is 0 Å². The first-order valence-electron chi connectivity index (χ1n) is 9.68. The summed E-state index contributed by atoms with van der Waals surface area (Å²) in [4.78, 5) is 0. The Balaban J connectivity index is 1.66. The highest BCUT2D eigenvalue weighted by atomic mass is 19.1. The molecule has 1 aromatic carbocycles. The molecule has 0 amide bonds. The fourth-order valence-corrected chi connectivity index (χ4v) is 4.29. The number of anilines is 1. The van der Waals surface area contributed by atoms with Crippen molar-refractivity contribution < 1.29 is 14.2 Å². The van der Waals surface area contributed by atoms with E-state index in [1.165, 1.54) is 17.8 Å². The highest BCUT2D eigenvalue weighted by molar-refractivity contribution is 5.73. The third-order valence-electron chi connectivity index (χ3n) is 5.92. The molecule has 146 valence electrons. The van der Waals surface area contributed by atoms with Crippen LogP contribution in [0.25, 0.3) is 11.3 Å². The first-order valence-corrected chi connectivity index (χ1v) is 9.68. The van der Waals surface area contributed by atoms with E-state index in [9.17, 15) is 9.50 Å². The van der Waals surface area contributed by atoms with E-state index >= 15 is 0 Å². The highest BCUT2D eigenvalue weighted by Gasteiger charge is 2.41. The van der Waals surface area contributed by atoms with Crippen LogP contribution in [0.1, 0.15) is 49.3 Å². The van der Waals surface area contributed by atoms with Crippen molar-refractivity contribution in [1.29, 1.82) is 0 Å². The van der Waals surface area contributed by atoms with Crippen LogP contribution in [0.4, 0.5) is 10.2 Å².